The molecule has 3 N–H and O–H groups in total. The highest BCUT2D eigenvalue weighted by Crippen LogP contribution is 2.14. The Bertz CT molecular complexity index is 757. The summed E-state index contributed by atoms with van der Waals surface area (Å²) >= 11 is 0. The second-order valence-corrected chi connectivity index (χ2v) is 5.24. The molecule has 0 radical (unpaired) electrons. The number of benzene rings is 1. The lowest BCUT2D eigenvalue weighted by Crippen LogP contribution is -2.46. The van der Waals surface area contributed by atoms with E-state index in [0.717, 1.165) is 6.92 Å². The van der Waals surface area contributed by atoms with Gasteiger partial charge in [0, 0.05) is 0 Å². The molecule has 9 heteroatoms. The maximum atomic E-state index is 13.1. The standard InChI is InChI=1S/C14H15FN4O4/c1-8-5-9(15)3-4-11(8)19-6-10(17-18-19)12(20)16-7-14(2,23)13(21)22/h3-6,23H,7H2,1-2H3,(H,16,20)(H,21,22). The van der Waals surface area contributed by atoms with E-state index in [4.69, 9.17) is 5.11 Å². The van der Waals surface area contributed by atoms with Crippen LogP contribution in [0.1, 0.15) is 23.0 Å². The number of amides is 1. The zero-order valence-corrected chi connectivity index (χ0v) is 12.4. The predicted octanol–water partition coefficient (Wildman–Crippen LogP) is 0.280. The number of carboxylic acids is 1. The summed E-state index contributed by atoms with van der Waals surface area (Å²) in [7, 11) is 0. The normalized spacial score (nSPS) is 13.4. The van der Waals surface area contributed by atoms with Crippen LogP contribution in [0.15, 0.2) is 24.4 Å². The van der Waals surface area contributed by atoms with Gasteiger partial charge in [-0.15, -0.1) is 5.10 Å². The highest BCUT2D eigenvalue weighted by Gasteiger charge is 2.30. The van der Waals surface area contributed by atoms with Gasteiger partial charge in [0.05, 0.1) is 18.4 Å². The summed E-state index contributed by atoms with van der Waals surface area (Å²) in [6.45, 7) is 2.27. The molecule has 8 nitrogen and oxygen atoms in total. The highest BCUT2D eigenvalue weighted by molar-refractivity contribution is 5.92. The number of carboxylic acid groups (broad SMARTS) is 1. The van der Waals surface area contributed by atoms with Crippen LogP contribution < -0.4 is 5.32 Å². The number of aryl methyl sites for hydroxylation is 1. The molecule has 0 spiro atoms. The van der Waals surface area contributed by atoms with Gasteiger partial charge in [-0.2, -0.15) is 0 Å². The van der Waals surface area contributed by atoms with Gasteiger partial charge in [-0.3, -0.25) is 4.79 Å². The Kier molecular flexibility index (Phi) is 4.41. The molecule has 1 atom stereocenters. The van der Waals surface area contributed by atoms with Crippen molar-refractivity contribution in [1.82, 2.24) is 20.3 Å². The van der Waals surface area contributed by atoms with Crippen molar-refractivity contribution in [2.24, 2.45) is 0 Å². The van der Waals surface area contributed by atoms with Crippen LogP contribution in [0.2, 0.25) is 0 Å². The minimum atomic E-state index is -2.08. The number of aliphatic hydroxyl groups is 1. The van der Waals surface area contributed by atoms with E-state index in [1.807, 2.05) is 0 Å². The Labute approximate surface area is 130 Å². The van der Waals surface area contributed by atoms with E-state index in [1.165, 1.54) is 29.1 Å². The van der Waals surface area contributed by atoms with Crippen molar-refractivity contribution in [2.45, 2.75) is 19.4 Å². The molecule has 1 unspecified atom stereocenters. The van der Waals surface area contributed by atoms with Gasteiger partial charge in [-0.1, -0.05) is 5.21 Å². The monoisotopic (exact) mass is 322 g/mol. The number of aromatic nitrogens is 3. The second-order valence-electron chi connectivity index (χ2n) is 5.24. The topological polar surface area (TPSA) is 117 Å². The van der Waals surface area contributed by atoms with Crippen molar-refractivity contribution in [3.8, 4) is 5.69 Å². The molecule has 2 aromatic rings. The summed E-state index contributed by atoms with van der Waals surface area (Å²) < 4.78 is 14.4. The van der Waals surface area contributed by atoms with Crippen LogP contribution in [0, 0.1) is 12.7 Å². The molecular formula is C14H15FN4O4. The fraction of sp³-hybridized carbons (Fsp3) is 0.286. The Morgan fingerprint density at radius 3 is 2.74 bits per heavy atom. The van der Waals surface area contributed by atoms with E-state index in [2.05, 4.69) is 15.6 Å². The molecule has 1 amide bonds. The van der Waals surface area contributed by atoms with Crippen molar-refractivity contribution < 1.29 is 24.2 Å². The molecule has 122 valence electrons. The summed E-state index contributed by atoms with van der Waals surface area (Å²) in [5.41, 5.74) is -0.986. The van der Waals surface area contributed by atoms with Crippen LogP contribution >= 0.6 is 0 Å². The lowest BCUT2D eigenvalue weighted by molar-refractivity contribution is -0.155. The third-order valence-corrected chi connectivity index (χ3v) is 3.19. The van der Waals surface area contributed by atoms with E-state index >= 15 is 0 Å². The lowest BCUT2D eigenvalue weighted by Gasteiger charge is -2.17. The Morgan fingerprint density at radius 1 is 1.43 bits per heavy atom. The molecule has 2 rings (SSSR count). The number of aliphatic carboxylic acids is 1. The SMILES string of the molecule is Cc1cc(F)ccc1-n1cc(C(=O)NCC(C)(O)C(=O)O)nn1. The molecule has 1 aromatic carbocycles. The molecule has 0 aliphatic heterocycles. The van der Waals surface area contributed by atoms with Crippen molar-refractivity contribution in [3.63, 3.8) is 0 Å². The minimum Gasteiger partial charge on any atom is -0.479 e. The van der Waals surface area contributed by atoms with Crippen molar-refractivity contribution >= 4 is 11.9 Å². The van der Waals surface area contributed by atoms with Gasteiger partial charge in [0.1, 0.15) is 5.82 Å². The summed E-state index contributed by atoms with van der Waals surface area (Å²) in [5.74, 6) is -2.53. The van der Waals surface area contributed by atoms with E-state index < -0.39 is 24.0 Å². The van der Waals surface area contributed by atoms with Gasteiger partial charge >= 0.3 is 5.97 Å². The quantitative estimate of drug-likeness (QED) is 0.728. The maximum Gasteiger partial charge on any atom is 0.337 e. The molecule has 0 aliphatic rings. The Morgan fingerprint density at radius 2 is 2.13 bits per heavy atom. The van der Waals surface area contributed by atoms with Crippen LogP contribution in [0.3, 0.4) is 0 Å². The van der Waals surface area contributed by atoms with Crippen LogP contribution in [-0.2, 0) is 4.79 Å². The maximum absolute atomic E-state index is 13.1. The molecule has 1 aromatic heterocycles. The van der Waals surface area contributed by atoms with E-state index in [1.54, 1.807) is 6.92 Å². The zero-order valence-electron chi connectivity index (χ0n) is 12.4. The van der Waals surface area contributed by atoms with E-state index in [-0.39, 0.29) is 11.5 Å². The molecule has 0 bridgehead atoms. The summed E-state index contributed by atoms with van der Waals surface area (Å²) in [5, 5.41) is 28.0. The number of halogens is 1. The fourth-order valence-corrected chi connectivity index (χ4v) is 1.78. The summed E-state index contributed by atoms with van der Waals surface area (Å²) in [4.78, 5) is 22.7. The largest absolute Gasteiger partial charge is 0.479 e. The van der Waals surface area contributed by atoms with Gasteiger partial charge in [0.15, 0.2) is 11.3 Å². The second kappa shape index (κ2) is 6.13. The number of hydrogen-bond acceptors (Lipinski definition) is 5. The van der Waals surface area contributed by atoms with Crippen LogP contribution in [0.4, 0.5) is 4.39 Å². The van der Waals surface area contributed by atoms with Crippen molar-refractivity contribution in [2.75, 3.05) is 6.54 Å². The van der Waals surface area contributed by atoms with Crippen molar-refractivity contribution in [1.29, 1.82) is 0 Å². The molecule has 23 heavy (non-hydrogen) atoms. The average molecular weight is 322 g/mol. The molecule has 0 aliphatic carbocycles. The Hall–Kier alpha value is -2.81. The molecule has 0 saturated carbocycles. The first-order valence-corrected chi connectivity index (χ1v) is 6.63. The van der Waals surface area contributed by atoms with Gasteiger partial charge < -0.3 is 15.5 Å². The Balaban J connectivity index is 2.13. The van der Waals surface area contributed by atoms with E-state index in [0.29, 0.717) is 11.3 Å². The first kappa shape index (κ1) is 16.6. The average Bonchev–Trinajstić information content (AvgIpc) is 2.94. The summed E-state index contributed by atoms with van der Waals surface area (Å²) in [6, 6.07) is 4.07. The van der Waals surface area contributed by atoms with Gasteiger partial charge in [-0.25, -0.2) is 13.9 Å². The number of nitrogens with zero attached hydrogens (tertiary/aromatic N) is 3. The van der Waals surface area contributed by atoms with Crippen molar-refractivity contribution in [3.05, 3.63) is 41.5 Å². The number of carbonyl (C=O) groups excluding carboxylic acids is 1. The smallest absolute Gasteiger partial charge is 0.337 e. The number of hydrogen-bond donors (Lipinski definition) is 3. The van der Waals surface area contributed by atoms with Crippen LogP contribution in [-0.4, -0.2) is 49.2 Å². The molecule has 1 heterocycles. The number of nitrogens with one attached hydrogen (secondary N) is 1. The molecule has 0 fully saturated rings. The first-order chi connectivity index (χ1) is 10.7. The fourth-order valence-electron chi connectivity index (χ4n) is 1.78. The van der Waals surface area contributed by atoms with Crippen LogP contribution in [0.25, 0.3) is 5.69 Å². The predicted molar refractivity (Wildman–Crippen MR) is 76.6 cm³/mol. The van der Waals surface area contributed by atoms with Crippen LogP contribution in [0.5, 0.6) is 0 Å². The molecular weight excluding hydrogens is 307 g/mol. The van der Waals surface area contributed by atoms with E-state index in [9.17, 15) is 19.1 Å². The van der Waals surface area contributed by atoms with Gasteiger partial charge in [0.2, 0.25) is 0 Å². The number of carbonyl (C=O) groups is 2. The number of rotatable bonds is 5. The highest BCUT2D eigenvalue weighted by atomic mass is 19.1. The first-order valence-electron chi connectivity index (χ1n) is 6.63. The third kappa shape index (κ3) is 3.69. The van der Waals surface area contributed by atoms with Gasteiger partial charge in [-0.05, 0) is 37.6 Å². The van der Waals surface area contributed by atoms with Gasteiger partial charge in [0.25, 0.3) is 5.91 Å². The minimum absolute atomic E-state index is 0.0603. The lowest BCUT2D eigenvalue weighted by atomic mass is 10.1. The third-order valence-electron chi connectivity index (χ3n) is 3.19. The zero-order chi connectivity index (χ0) is 17.2. The summed E-state index contributed by atoms with van der Waals surface area (Å²) in [6.07, 6.45) is 1.32. The molecule has 0 saturated heterocycles.